The molecule has 0 spiro atoms. The van der Waals surface area contributed by atoms with Crippen molar-refractivity contribution < 1.29 is 9.47 Å². The van der Waals surface area contributed by atoms with Crippen LogP contribution in [-0.4, -0.2) is 24.6 Å². The van der Waals surface area contributed by atoms with Crippen molar-refractivity contribution >= 4 is 23.1 Å². The lowest BCUT2D eigenvalue weighted by molar-refractivity contribution is 0.293. The molecule has 0 unspecified atom stereocenters. The van der Waals surface area contributed by atoms with E-state index in [9.17, 15) is 0 Å². The second-order valence-corrected chi connectivity index (χ2v) is 6.84. The Hall–Kier alpha value is -2.73. The smallest absolute Gasteiger partial charge is 0.180 e. The van der Waals surface area contributed by atoms with E-state index in [1.165, 1.54) is 17.3 Å². The molecule has 0 atom stereocenters. The molecule has 6 heteroatoms. The number of thioether (sulfide) groups is 1. The van der Waals surface area contributed by atoms with E-state index in [0.717, 1.165) is 16.9 Å². The maximum Gasteiger partial charge on any atom is 0.180 e. The number of hydrogen-bond acceptors (Lipinski definition) is 5. The summed E-state index contributed by atoms with van der Waals surface area (Å²) >= 11 is 1.45. The molecular weight excluding hydrogens is 358 g/mol. The molecule has 0 bridgehead atoms. The van der Waals surface area contributed by atoms with Gasteiger partial charge in [-0.2, -0.15) is 5.10 Å². The quantitative estimate of drug-likeness (QED) is 0.297. The third-order valence-electron chi connectivity index (χ3n) is 3.33. The summed E-state index contributed by atoms with van der Waals surface area (Å²) < 4.78 is 11.3. The maximum atomic E-state index is 5.90. The van der Waals surface area contributed by atoms with Gasteiger partial charge in [-0.25, -0.2) is 0 Å². The first-order chi connectivity index (χ1) is 13.1. The first-order valence-electron chi connectivity index (χ1n) is 8.65. The van der Waals surface area contributed by atoms with Crippen LogP contribution < -0.4 is 15.2 Å². The van der Waals surface area contributed by atoms with E-state index in [1.54, 1.807) is 6.21 Å². The predicted molar refractivity (Wildman–Crippen MR) is 115 cm³/mol. The van der Waals surface area contributed by atoms with Gasteiger partial charge in [-0.1, -0.05) is 48.7 Å². The molecule has 27 heavy (non-hydrogen) atoms. The SMILES string of the molecule is C=C(C)COc1ccc(C=NN=C(N)SCc2ccccc2)cc1OCC. The minimum atomic E-state index is 0.418. The summed E-state index contributed by atoms with van der Waals surface area (Å²) in [7, 11) is 0. The largest absolute Gasteiger partial charge is 0.490 e. The fraction of sp³-hybridized carbons (Fsp3) is 0.238. The first-order valence-corrected chi connectivity index (χ1v) is 9.64. The van der Waals surface area contributed by atoms with Crippen LogP contribution in [0.5, 0.6) is 11.5 Å². The van der Waals surface area contributed by atoms with Crippen molar-refractivity contribution in [3.05, 3.63) is 71.8 Å². The molecule has 0 aromatic heterocycles. The highest BCUT2D eigenvalue weighted by Crippen LogP contribution is 2.28. The van der Waals surface area contributed by atoms with E-state index in [4.69, 9.17) is 15.2 Å². The van der Waals surface area contributed by atoms with E-state index in [-0.39, 0.29) is 0 Å². The van der Waals surface area contributed by atoms with Crippen LogP contribution in [0, 0.1) is 0 Å². The number of rotatable bonds is 9. The molecule has 5 nitrogen and oxygen atoms in total. The van der Waals surface area contributed by atoms with Crippen molar-refractivity contribution in [2.24, 2.45) is 15.9 Å². The minimum Gasteiger partial charge on any atom is -0.490 e. The average Bonchev–Trinajstić information content (AvgIpc) is 2.67. The highest BCUT2D eigenvalue weighted by molar-refractivity contribution is 8.13. The summed E-state index contributed by atoms with van der Waals surface area (Å²) in [5.41, 5.74) is 8.89. The van der Waals surface area contributed by atoms with Crippen molar-refractivity contribution in [2.45, 2.75) is 19.6 Å². The molecular formula is C21H25N3O2S. The van der Waals surface area contributed by atoms with Crippen molar-refractivity contribution in [3.8, 4) is 11.5 Å². The highest BCUT2D eigenvalue weighted by atomic mass is 32.2. The Kier molecular flexibility index (Phi) is 8.45. The van der Waals surface area contributed by atoms with Crippen LogP contribution in [-0.2, 0) is 5.75 Å². The highest BCUT2D eigenvalue weighted by Gasteiger charge is 2.06. The van der Waals surface area contributed by atoms with E-state index >= 15 is 0 Å². The van der Waals surface area contributed by atoms with Crippen molar-refractivity contribution in [2.75, 3.05) is 13.2 Å². The van der Waals surface area contributed by atoms with Gasteiger partial charge in [-0.15, -0.1) is 5.10 Å². The fourth-order valence-corrected chi connectivity index (χ4v) is 2.72. The molecule has 0 saturated heterocycles. The molecule has 0 amide bonds. The molecule has 0 fully saturated rings. The van der Waals surface area contributed by atoms with E-state index in [2.05, 4.69) is 28.9 Å². The summed E-state index contributed by atoms with van der Waals surface area (Å²) in [5, 5.41) is 8.52. The zero-order valence-corrected chi connectivity index (χ0v) is 16.5. The number of benzene rings is 2. The summed E-state index contributed by atoms with van der Waals surface area (Å²) in [4.78, 5) is 0. The third-order valence-corrected chi connectivity index (χ3v) is 4.19. The van der Waals surface area contributed by atoms with Gasteiger partial charge in [0, 0.05) is 5.75 Å². The molecule has 2 aromatic carbocycles. The van der Waals surface area contributed by atoms with Gasteiger partial charge in [0.2, 0.25) is 0 Å². The van der Waals surface area contributed by atoms with E-state index in [0.29, 0.717) is 29.9 Å². The van der Waals surface area contributed by atoms with Gasteiger partial charge in [-0.3, -0.25) is 0 Å². The monoisotopic (exact) mass is 383 g/mol. The first kappa shape index (κ1) is 20.6. The van der Waals surface area contributed by atoms with Crippen LogP contribution in [0.1, 0.15) is 25.0 Å². The van der Waals surface area contributed by atoms with Gasteiger partial charge >= 0.3 is 0 Å². The van der Waals surface area contributed by atoms with Crippen LogP contribution in [0.25, 0.3) is 0 Å². The normalized spacial score (nSPS) is 11.6. The van der Waals surface area contributed by atoms with E-state index in [1.807, 2.05) is 50.2 Å². The molecule has 0 aliphatic heterocycles. The number of amidine groups is 1. The molecule has 2 N–H and O–H groups in total. The van der Waals surface area contributed by atoms with Gasteiger partial charge in [0.25, 0.3) is 0 Å². The fourth-order valence-electron chi connectivity index (χ4n) is 2.11. The lowest BCUT2D eigenvalue weighted by Crippen LogP contribution is -2.06. The number of nitrogens with two attached hydrogens (primary N) is 1. The van der Waals surface area contributed by atoms with Gasteiger partial charge in [0.15, 0.2) is 16.7 Å². The number of hydrogen-bond donors (Lipinski definition) is 1. The molecule has 0 heterocycles. The zero-order valence-electron chi connectivity index (χ0n) is 15.7. The van der Waals surface area contributed by atoms with Crippen LogP contribution in [0.4, 0.5) is 0 Å². The average molecular weight is 384 g/mol. The van der Waals surface area contributed by atoms with Crippen LogP contribution >= 0.6 is 11.8 Å². The second-order valence-electron chi connectivity index (χ2n) is 5.84. The maximum absolute atomic E-state index is 5.90. The Labute approximate surface area is 165 Å². The summed E-state index contributed by atoms with van der Waals surface area (Å²) in [6.07, 6.45) is 1.64. The molecule has 0 aliphatic rings. The topological polar surface area (TPSA) is 69.2 Å². The molecule has 0 radical (unpaired) electrons. The van der Waals surface area contributed by atoms with Crippen LogP contribution in [0.15, 0.2) is 70.9 Å². The van der Waals surface area contributed by atoms with Gasteiger partial charge in [0.05, 0.1) is 12.8 Å². The van der Waals surface area contributed by atoms with Gasteiger partial charge in [0.1, 0.15) is 6.61 Å². The zero-order chi connectivity index (χ0) is 19.5. The van der Waals surface area contributed by atoms with Crippen molar-refractivity contribution in [3.63, 3.8) is 0 Å². The van der Waals surface area contributed by atoms with Crippen LogP contribution in [0.2, 0.25) is 0 Å². The summed E-state index contributed by atoms with van der Waals surface area (Å²) in [5.74, 6) is 2.10. The lowest BCUT2D eigenvalue weighted by Gasteiger charge is -2.12. The van der Waals surface area contributed by atoms with Gasteiger partial charge in [-0.05, 0) is 48.7 Å². The predicted octanol–water partition coefficient (Wildman–Crippen LogP) is 4.62. The standard InChI is InChI=1S/C21H25N3O2S/c1-4-25-20-12-18(10-11-19(20)26-14-16(2)3)13-23-24-21(22)27-15-17-8-6-5-7-9-17/h5-13H,2,4,14-15H2,1,3H3,(H2,22,24). The molecule has 142 valence electrons. The third kappa shape index (κ3) is 7.58. The van der Waals surface area contributed by atoms with Crippen molar-refractivity contribution in [1.29, 1.82) is 0 Å². The Morgan fingerprint density at radius 3 is 2.63 bits per heavy atom. The molecule has 0 aliphatic carbocycles. The molecule has 2 rings (SSSR count). The Bertz CT molecular complexity index is 804. The summed E-state index contributed by atoms with van der Waals surface area (Å²) in [6, 6.07) is 15.7. The summed E-state index contributed by atoms with van der Waals surface area (Å²) in [6.45, 7) is 8.68. The number of ether oxygens (including phenoxy) is 2. The lowest BCUT2D eigenvalue weighted by atomic mass is 10.2. The Morgan fingerprint density at radius 2 is 1.93 bits per heavy atom. The van der Waals surface area contributed by atoms with E-state index < -0.39 is 0 Å². The number of nitrogens with zero attached hydrogens (tertiary/aromatic N) is 2. The second kappa shape index (κ2) is 11.1. The molecule has 2 aromatic rings. The van der Waals surface area contributed by atoms with Gasteiger partial charge < -0.3 is 15.2 Å². The Morgan fingerprint density at radius 1 is 1.15 bits per heavy atom. The molecule has 0 saturated carbocycles. The van der Waals surface area contributed by atoms with Crippen molar-refractivity contribution in [1.82, 2.24) is 0 Å². The Balaban J connectivity index is 1.98. The van der Waals surface area contributed by atoms with Crippen LogP contribution in [0.3, 0.4) is 0 Å². The minimum absolute atomic E-state index is 0.418.